The molecule has 2 N–H and O–H groups in total. The number of benzene rings is 1. The second-order valence-corrected chi connectivity index (χ2v) is 8.41. The molecule has 4 rings (SSSR count). The van der Waals surface area contributed by atoms with Crippen molar-refractivity contribution in [2.24, 2.45) is 0 Å². The Hall–Kier alpha value is -2.35. The zero-order chi connectivity index (χ0) is 21.6. The number of ether oxygens (including phenoxy) is 1. The monoisotopic (exact) mass is 505 g/mol. The first kappa shape index (κ1) is 20.9. The highest BCUT2D eigenvalue weighted by molar-refractivity contribution is 9.10. The zero-order valence-electron chi connectivity index (χ0n) is 16.4. The third-order valence-corrected chi connectivity index (χ3v) is 6.32. The predicted molar refractivity (Wildman–Crippen MR) is 124 cm³/mol. The van der Waals surface area contributed by atoms with E-state index in [2.05, 4.69) is 25.9 Å². The highest BCUT2D eigenvalue weighted by atomic mass is 79.9. The summed E-state index contributed by atoms with van der Waals surface area (Å²) >= 11 is 16.1. The van der Waals surface area contributed by atoms with Gasteiger partial charge in [-0.05, 0) is 46.6 Å². The Morgan fingerprint density at radius 1 is 1.23 bits per heavy atom. The number of pyridine rings is 1. The standard InChI is InChI=1S/C21H18BrCl2N5O/c1-10(21-28-19(22)17-20(25)26-6-7-29(17)21)13-8-14(23)11(2)16(18(13)30-3)12-4-5-15(24)27-9-12/h4-10H,1-3H3,(H2,25,26). The number of nitrogens with two attached hydrogens (primary N) is 1. The summed E-state index contributed by atoms with van der Waals surface area (Å²) in [6, 6.07) is 5.57. The molecule has 3 aromatic heterocycles. The molecule has 0 aliphatic heterocycles. The van der Waals surface area contributed by atoms with Gasteiger partial charge in [0.2, 0.25) is 0 Å². The van der Waals surface area contributed by atoms with Gasteiger partial charge in [0.15, 0.2) is 5.82 Å². The minimum Gasteiger partial charge on any atom is -0.496 e. The van der Waals surface area contributed by atoms with E-state index in [9.17, 15) is 0 Å². The van der Waals surface area contributed by atoms with E-state index in [1.54, 1.807) is 25.6 Å². The van der Waals surface area contributed by atoms with Gasteiger partial charge in [0.1, 0.15) is 26.8 Å². The largest absolute Gasteiger partial charge is 0.496 e. The Labute approximate surface area is 192 Å². The Morgan fingerprint density at radius 3 is 2.67 bits per heavy atom. The van der Waals surface area contributed by atoms with Crippen LogP contribution in [0, 0.1) is 6.92 Å². The molecule has 3 heterocycles. The van der Waals surface area contributed by atoms with Crippen LogP contribution in [-0.2, 0) is 0 Å². The first-order valence-corrected chi connectivity index (χ1v) is 10.6. The summed E-state index contributed by atoms with van der Waals surface area (Å²) in [5.74, 6) is 1.74. The van der Waals surface area contributed by atoms with Crippen LogP contribution in [0.15, 0.2) is 41.4 Å². The molecule has 4 aromatic rings. The molecular formula is C21H18BrCl2N5O. The summed E-state index contributed by atoms with van der Waals surface area (Å²) in [7, 11) is 1.65. The van der Waals surface area contributed by atoms with Gasteiger partial charge in [-0.3, -0.25) is 4.40 Å². The van der Waals surface area contributed by atoms with Gasteiger partial charge in [0.05, 0.1) is 7.11 Å². The fourth-order valence-corrected chi connectivity index (χ4v) is 4.54. The van der Waals surface area contributed by atoms with Gasteiger partial charge >= 0.3 is 0 Å². The lowest BCUT2D eigenvalue weighted by Crippen LogP contribution is -2.07. The number of hydrogen-bond acceptors (Lipinski definition) is 5. The Balaban J connectivity index is 1.96. The molecule has 9 heteroatoms. The molecule has 1 atom stereocenters. The lowest BCUT2D eigenvalue weighted by atomic mass is 9.91. The zero-order valence-corrected chi connectivity index (χ0v) is 19.5. The predicted octanol–water partition coefficient (Wildman–Crippen LogP) is 5.91. The number of hydrogen-bond donors (Lipinski definition) is 1. The lowest BCUT2D eigenvalue weighted by Gasteiger charge is -2.21. The lowest BCUT2D eigenvalue weighted by molar-refractivity contribution is 0.409. The van der Waals surface area contributed by atoms with E-state index in [0.29, 0.717) is 26.3 Å². The first-order valence-electron chi connectivity index (χ1n) is 9.10. The van der Waals surface area contributed by atoms with E-state index in [4.69, 9.17) is 38.7 Å². The van der Waals surface area contributed by atoms with Crippen molar-refractivity contribution in [2.75, 3.05) is 12.8 Å². The number of fused-ring (bicyclic) bond motifs is 1. The van der Waals surface area contributed by atoms with E-state index >= 15 is 0 Å². The van der Waals surface area contributed by atoms with Crippen molar-refractivity contribution < 1.29 is 4.74 Å². The molecule has 0 saturated carbocycles. The van der Waals surface area contributed by atoms with Crippen molar-refractivity contribution in [2.45, 2.75) is 19.8 Å². The van der Waals surface area contributed by atoms with E-state index in [-0.39, 0.29) is 5.92 Å². The second kappa shape index (κ2) is 8.06. The minimum atomic E-state index is -0.155. The SMILES string of the molecule is COc1c(C(C)c2nc(Br)c3c(N)nccn23)cc(Cl)c(C)c1-c1ccc(Cl)nc1. The molecule has 1 aromatic carbocycles. The van der Waals surface area contributed by atoms with Crippen molar-refractivity contribution >= 4 is 50.5 Å². The van der Waals surface area contributed by atoms with Crippen LogP contribution in [0.4, 0.5) is 5.82 Å². The maximum Gasteiger partial charge on any atom is 0.150 e. The quantitative estimate of drug-likeness (QED) is 0.348. The second-order valence-electron chi connectivity index (χ2n) is 6.86. The smallest absolute Gasteiger partial charge is 0.150 e. The number of imidazole rings is 1. The van der Waals surface area contributed by atoms with Gasteiger partial charge < -0.3 is 10.5 Å². The molecule has 154 valence electrons. The van der Waals surface area contributed by atoms with Gasteiger partial charge in [-0.2, -0.15) is 0 Å². The van der Waals surface area contributed by atoms with Crippen LogP contribution in [0.2, 0.25) is 10.2 Å². The molecule has 0 fully saturated rings. The van der Waals surface area contributed by atoms with Crippen molar-refractivity contribution in [1.82, 2.24) is 19.4 Å². The summed E-state index contributed by atoms with van der Waals surface area (Å²) in [4.78, 5) is 13.1. The third-order valence-electron chi connectivity index (χ3n) is 5.15. The fourth-order valence-electron chi connectivity index (χ4n) is 3.64. The van der Waals surface area contributed by atoms with Crippen LogP contribution in [-0.4, -0.2) is 26.5 Å². The van der Waals surface area contributed by atoms with E-state index in [0.717, 1.165) is 33.6 Å². The number of rotatable bonds is 4. The molecule has 6 nitrogen and oxygen atoms in total. The van der Waals surface area contributed by atoms with Gasteiger partial charge in [-0.1, -0.05) is 30.1 Å². The maximum atomic E-state index is 6.64. The summed E-state index contributed by atoms with van der Waals surface area (Å²) in [6.45, 7) is 4.00. The topological polar surface area (TPSA) is 78.3 Å². The van der Waals surface area contributed by atoms with Crippen LogP contribution >= 0.6 is 39.1 Å². The van der Waals surface area contributed by atoms with E-state index in [1.165, 1.54) is 0 Å². The summed E-state index contributed by atoms with van der Waals surface area (Å²) in [6.07, 6.45) is 5.20. The molecule has 1 unspecified atom stereocenters. The minimum absolute atomic E-state index is 0.155. The van der Waals surface area contributed by atoms with Crippen LogP contribution in [0.5, 0.6) is 5.75 Å². The van der Waals surface area contributed by atoms with Crippen molar-refractivity contribution in [3.63, 3.8) is 0 Å². The van der Waals surface area contributed by atoms with Crippen LogP contribution in [0.25, 0.3) is 16.6 Å². The maximum absolute atomic E-state index is 6.64. The average molecular weight is 507 g/mol. The highest BCUT2D eigenvalue weighted by Crippen LogP contribution is 2.44. The molecule has 0 aliphatic rings. The molecule has 0 radical (unpaired) electrons. The number of nitrogens with zero attached hydrogens (tertiary/aromatic N) is 4. The Morgan fingerprint density at radius 2 is 2.00 bits per heavy atom. The molecule has 0 amide bonds. The third kappa shape index (κ3) is 3.41. The summed E-state index contributed by atoms with van der Waals surface area (Å²) < 4.78 is 8.43. The highest BCUT2D eigenvalue weighted by Gasteiger charge is 2.25. The van der Waals surface area contributed by atoms with Gasteiger partial charge in [-0.15, -0.1) is 0 Å². The van der Waals surface area contributed by atoms with E-state index < -0.39 is 0 Å². The molecule has 30 heavy (non-hydrogen) atoms. The summed E-state index contributed by atoms with van der Waals surface area (Å²) in [5.41, 5.74) is 10.3. The summed E-state index contributed by atoms with van der Waals surface area (Å²) in [5, 5.41) is 1.05. The number of methoxy groups -OCH3 is 1. The Bertz CT molecular complexity index is 1260. The van der Waals surface area contributed by atoms with Crippen LogP contribution in [0.3, 0.4) is 0 Å². The number of anilines is 1. The number of halogens is 3. The number of aromatic nitrogens is 4. The Kier molecular flexibility index (Phi) is 5.61. The molecular weight excluding hydrogens is 489 g/mol. The van der Waals surface area contributed by atoms with Crippen molar-refractivity contribution in [3.8, 4) is 16.9 Å². The first-order chi connectivity index (χ1) is 14.3. The molecule has 0 aliphatic carbocycles. The van der Waals surface area contributed by atoms with E-state index in [1.807, 2.05) is 36.6 Å². The van der Waals surface area contributed by atoms with Gasteiger partial charge in [0.25, 0.3) is 0 Å². The van der Waals surface area contributed by atoms with Crippen molar-refractivity contribution in [3.05, 3.63) is 68.5 Å². The van der Waals surface area contributed by atoms with Gasteiger partial charge in [-0.25, -0.2) is 15.0 Å². The van der Waals surface area contributed by atoms with Crippen molar-refractivity contribution in [1.29, 1.82) is 0 Å². The number of nitrogen functional groups attached to an aromatic ring is 1. The average Bonchev–Trinajstić information content (AvgIpc) is 3.07. The molecule has 0 spiro atoms. The molecule has 0 bridgehead atoms. The molecule has 0 saturated heterocycles. The van der Waals surface area contributed by atoms with Crippen LogP contribution in [0.1, 0.15) is 29.8 Å². The van der Waals surface area contributed by atoms with Crippen LogP contribution < -0.4 is 10.5 Å². The fraction of sp³-hybridized carbons (Fsp3) is 0.190. The normalized spacial score (nSPS) is 12.3. The van der Waals surface area contributed by atoms with Gasteiger partial charge in [0, 0.05) is 46.2 Å².